The number of benzene rings is 1. The van der Waals surface area contributed by atoms with Gasteiger partial charge in [-0.3, -0.25) is 0 Å². The second kappa shape index (κ2) is 6.08. The second-order valence-corrected chi connectivity index (χ2v) is 6.59. The minimum Gasteiger partial charge on any atom is -0.326 e. The fraction of sp³-hybridized carbons (Fsp3) is 0.538. The highest BCUT2D eigenvalue weighted by molar-refractivity contribution is 9.10. The summed E-state index contributed by atoms with van der Waals surface area (Å²) in [5.74, 6) is 0. The highest BCUT2D eigenvalue weighted by Crippen LogP contribution is 2.36. The normalized spacial score (nSPS) is 17.6. The first-order chi connectivity index (χ1) is 7.79. The molecule has 0 bridgehead atoms. The van der Waals surface area contributed by atoms with Crippen LogP contribution in [0.25, 0.3) is 0 Å². The van der Waals surface area contributed by atoms with Crippen molar-refractivity contribution in [2.75, 3.05) is 0 Å². The molecule has 2 N–H and O–H groups in total. The van der Waals surface area contributed by atoms with Gasteiger partial charge in [0.2, 0.25) is 0 Å². The Morgan fingerprint density at radius 3 is 2.69 bits per heavy atom. The van der Waals surface area contributed by atoms with Crippen LogP contribution < -0.4 is 5.73 Å². The molecule has 1 saturated carbocycles. The molecule has 0 unspecified atom stereocenters. The molecule has 1 aromatic carbocycles. The van der Waals surface area contributed by atoms with Gasteiger partial charge < -0.3 is 5.73 Å². The van der Waals surface area contributed by atoms with Crippen LogP contribution in [-0.4, -0.2) is 5.25 Å². The maximum atomic E-state index is 5.78. The Morgan fingerprint density at radius 2 is 2.00 bits per heavy atom. The van der Waals surface area contributed by atoms with Crippen molar-refractivity contribution in [2.24, 2.45) is 5.73 Å². The zero-order valence-electron chi connectivity index (χ0n) is 9.42. The monoisotopic (exact) mass is 299 g/mol. The van der Waals surface area contributed by atoms with Crippen molar-refractivity contribution in [3.63, 3.8) is 0 Å². The van der Waals surface area contributed by atoms with Crippen LogP contribution in [0.4, 0.5) is 0 Å². The molecule has 16 heavy (non-hydrogen) atoms. The van der Waals surface area contributed by atoms with Crippen LogP contribution >= 0.6 is 27.7 Å². The molecule has 1 fully saturated rings. The van der Waals surface area contributed by atoms with E-state index in [-0.39, 0.29) is 0 Å². The molecule has 0 saturated heterocycles. The molecule has 0 atom stereocenters. The summed E-state index contributed by atoms with van der Waals surface area (Å²) >= 11 is 5.56. The van der Waals surface area contributed by atoms with Gasteiger partial charge in [-0.1, -0.05) is 41.3 Å². The van der Waals surface area contributed by atoms with Gasteiger partial charge in [0.15, 0.2) is 0 Å². The van der Waals surface area contributed by atoms with Crippen molar-refractivity contribution in [3.8, 4) is 0 Å². The highest BCUT2D eigenvalue weighted by Gasteiger charge is 2.16. The molecule has 0 aromatic heterocycles. The van der Waals surface area contributed by atoms with E-state index in [4.69, 9.17) is 5.73 Å². The van der Waals surface area contributed by atoms with Crippen LogP contribution in [0.3, 0.4) is 0 Å². The first kappa shape index (κ1) is 12.5. The predicted octanol–water partition coefficient (Wildman–Crippen LogP) is 4.33. The summed E-state index contributed by atoms with van der Waals surface area (Å²) < 4.78 is 1.16. The fourth-order valence-corrected chi connectivity index (χ4v) is 4.11. The molecule has 0 radical (unpaired) electrons. The van der Waals surface area contributed by atoms with E-state index < -0.39 is 0 Å². The Morgan fingerprint density at radius 1 is 1.25 bits per heavy atom. The molecular weight excluding hydrogens is 282 g/mol. The van der Waals surface area contributed by atoms with Gasteiger partial charge in [0.1, 0.15) is 0 Å². The van der Waals surface area contributed by atoms with Gasteiger partial charge in [0.25, 0.3) is 0 Å². The van der Waals surface area contributed by atoms with Crippen molar-refractivity contribution >= 4 is 27.7 Å². The molecule has 0 aliphatic heterocycles. The Bertz CT molecular complexity index is 348. The fourth-order valence-electron chi connectivity index (χ4n) is 2.17. The van der Waals surface area contributed by atoms with E-state index in [0.717, 1.165) is 9.72 Å². The van der Waals surface area contributed by atoms with E-state index in [0.29, 0.717) is 6.54 Å². The molecular formula is C13H18BrNS. The third kappa shape index (κ3) is 3.25. The van der Waals surface area contributed by atoms with E-state index in [2.05, 4.69) is 34.1 Å². The zero-order chi connectivity index (χ0) is 11.4. The Labute approximate surface area is 110 Å². The lowest BCUT2D eigenvalue weighted by Gasteiger charge is -2.22. The van der Waals surface area contributed by atoms with E-state index in [9.17, 15) is 0 Å². The lowest BCUT2D eigenvalue weighted by molar-refractivity contribution is 0.516. The zero-order valence-corrected chi connectivity index (χ0v) is 11.8. The smallest absolute Gasteiger partial charge is 0.0189 e. The minimum atomic E-state index is 0.641. The maximum absolute atomic E-state index is 5.78. The van der Waals surface area contributed by atoms with Gasteiger partial charge in [-0.2, -0.15) is 0 Å². The number of nitrogens with two attached hydrogens (primary N) is 1. The van der Waals surface area contributed by atoms with Crippen molar-refractivity contribution in [1.82, 2.24) is 0 Å². The highest BCUT2D eigenvalue weighted by atomic mass is 79.9. The van der Waals surface area contributed by atoms with Gasteiger partial charge in [0.05, 0.1) is 0 Å². The number of rotatable bonds is 3. The van der Waals surface area contributed by atoms with Crippen LogP contribution in [0.15, 0.2) is 27.6 Å². The van der Waals surface area contributed by atoms with E-state index in [1.165, 1.54) is 42.6 Å². The van der Waals surface area contributed by atoms with E-state index in [1.54, 1.807) is 0 Å². The molecule has 0 heterocycles. The molecule has 3 heteroatoms. The minimum absolute atomic E-state index is 0.641. The lowest BCUT2D eigenvalue weighted by Crippen LogP contribution is -2.09. The van der Waals surface area contributed by atoms with Gasteiger partial charge in [-0.25, -0.2) is 0 Å². The lowest BCUT2D eigenvalue weighted by atomic mass is 10.0. The standard InChI is InChI=1S/C13H18BrNS/c14-11-7-6-10(9-15)13(8-11)16-12-4-2-1-3-5-12/h6-8,12H,1-5,9,15H2. The quantitative estimate of drug-likeness (QED) is 0.899. The average molecular weight is 300 g/mol. The molecule has 1 nitrogen and oxygen atoms in total. The summed E-state index contributed by atoms with van der Waals surface area (Å²) in [5, 5.41) is 0.799. The SMILES string of the molecule is NCc1ccc(Br)cc1SC1CCCCC1. The maximum Gasteiger partial charge on any atom is 0.0189 e. The molecule has 1 aliphatic carbocycles. The summed E-state index contributed by atoms with van der Waals surface area (Å²) in [6.07, 6.45) is 6.93. The third-order valence-corrected chi connectivity index (χ3v) is 5.03. The molecule has 88 valence electrons. The largest absolute Gasteiger partial charge is 0.326 e. The molecule has 1 aliphatic rings. The Hall–Kier alpha value is 0.01000. The molecule has 2 rings (SSSR count). The van der Waals surface area contributed by atoms with Gasteiger partial charge in [-0.15, -0.1) is 11.8 Å². The third-order valence-electron chi connectivity index (χ3n) is 3.09. The number of hydrogen-bond donors (Lipinski definition) is 1. The number of hydrogen-bond acceptors (Lipinski definition) is 2. The van der Waals surface area contributed by atoms with Crippen LogP contribution in [0.5, 0.6) is 0 Å². The van der Waals surface area contributed by atoms with Crippen LogP contribution in [0.2, 0.25) is 0 Å². The predicted molar refractivity (Wildman–Crippen MR) is 74.8 cm³/mol. The first-order valence-electron chi connectivity index (χ1n) is 5.95. The topological polar surface area (TPSA) is 26.0 Å². The average Bonchev–Trinajstić information content (AvgIpc) is 2.31. The van der Waals surface area contributed by atoms with Crippen molar-refractivity contribution in [3.05, 3.63) is 28.2 Å². The Balaban J connectivity index is 2.09. The molecule has 1 aromatic rings. The number of thioether (sulfide) groups is 1. The van der Waals surface area contributed by atoms with Crippen molar-refractivity contribution in [2.45, 2.75) is 48.8 Å². The summed E-state index contributed by atoms with van der Waals surface area (Å²) in [4.78, 5) is 1.36. The molecule has 0 spiro atoms. The Kier molecular flexibility index (Phi) is 4.74. The summed E-state index contributed by atoms with van der Waals surface area (Å²) in [7, 11) is 0. The van der Waals surface area contributed by atoms with Crippen LogP contribution in [-0.2, 0) is 6.54 Å². The summed E-state index contributed by atoms with van der Waals surface area (Å²) in [6, 6.07) is 6.42. The van der Waals surface area contributed by atoms with Crippen molar-refractivity contribution in [1.29, 1.82) is 0 Å². The van der Waals surface area contributed by atoms with Crippen LogP contribution in [0.1, 0.15) is 37.7 Å². The second-order valence-electron chi connectivity index (χ2n) is 4.33. The summed E-state index contributed by atoms with van der Waals surface area (Å²) in [6.45, 7) is 0.641. The summed E-state index contributed by atoms with van der Waals surface area (Å²) in [5.41, 5.74) is 7.05. The molecule has 0 amide bonds. The van der Waals surface area contributed by atoms with E-state index in [1.807, 2.05) is 11.8 Å². The van der Waals surface area contributed by atoms with Crippen molar-refractivity contribution < 1.29 is 0 Å². The first-order valence-corrected chi connectivity index (χ1v) is 7.62. The van der Waals surface area contributed by atoms with Gasteiger partial charge >= 0.3 is 0 Å². The van der Waals surface area contributed by atoms with E-state index >= 15 is 0 Å². The van der Waals surface area contributed by atoms with Crippen LogP contribution in [0, 0.1) is 0 Å². The van der Waals surface area contributed by atoms with Gasteiger partial charge in [0, 0.05) is 21.2 Å². The van der Waals surface area contributed by atoms with Gasteiger partial charge in [-0.05, 0) is 30.5 Å². The number of halogens is 1.